The van der Waals surface area contributed by atoms with E-state index in [1.54, 1.807) is 13.2 Å². The molecule has 0 saturated carbocycles. The monoisotopic (exact) mass is 209 g/mol. The summed E-state index contributed by atoms with van der Waals surface area (Å²) in [5.41, 5.74) is 0.810. The average Bonchev–Trinajstić information content (AvgIpc) is 2.70. The molecule has 1 aromatic heterocycles. The van der Waals surface area contributed by atoms with Crippen LogP contribution in [0.2, 0.25) is 5.02 Å². The van der Waals surface area contributed by atoms with Crippen molar-refractivity contribution in [2.75, 3.05) is 7.11 Å². The number of ether oxygens (including phenoxy) is 1. The van der Waals surface area contributed by atoms with E-state index in [1.807, 2.05) is 12.1 Å². The van der Waals surface area contributed by atoms with Crippen molar-refractivity contribution in [1.82, 2.24) is 15.2 Å². The Morgan fingerprint density at radius 1 is 1.43 bits per heavy atom. The molecule has 1 heterocycles. The molecule has 1 N–H and O–H groups in total. The van der Waals surface area contributed by atoms with Crippen LogP contribution >= 0.6 is 11.6 Å². The summed E-state index contributed by atoms with van der Waals surface area (Å²) in [6.07, 6.45) is 1.44. The lowest BCUT2D eigenvalue weighted by Crippen LogP contribution is -1.86. The molecule has 0 bridgehead atoms. The van der Waals surface area contributed by atoms with Crippen LogP contribution in [-0.4, -0.2) is 22.3 Å². The van der Waals surface area contributed by atoms with Crippen molar-refractivity contribution in [2.45, 2.75) is 0 Å². The Morgan fingerprint density at radius 3 is 2.86 bits per heavy atom. The molecule has 2 rings (SSSR count). The standard InChI is InChI=1S/C9H8ClN3O/c1-14-6-2-3-7(8(10)4-6)9-11-5-12-13-9/h2-5H,1H3,(H,11,12,13). The maximum atomic E-state index is 6.03. The molecule has 72 valence electrons. The van der Waals surface area contributed by atoms with Crippen LogP contribution in [0.15, 0.2) is 24.5 Å². The molecule has 2 aromatic rings. The van der Waals surface area contributed by atoms with E-state index in [0.717, 1.165) is 11.3 Å². The van der Waals surface area contributed by atoms with Gasteiger partial charge in [0.1, 0.15) is 12.1 Å². The summed E-state index contributed by atoms with van der Waals surface area (Å²) in [6, 6.07) is 5.39. The molecule has 0 unspecified atom stereocenters. The Balaban J connectivity index is 2.46. The summed E-state index contributed by atoms with van der Waals surface area (Å²) in [6.45, 7) is 0. The van der Waals surface area contributed by atoms with Crippen LogP contribution in [0.1, 0.15) is 0 Å². The first-order valence-corrected chi connectivity index (χ1v) is 4.38. The van der Waals surface area contributed by atoms with E-state index in [9.17, 15) is 0 Å². The number of aromatic nitrogens is 3. The van der Waals surface area contributed by atoms with Crippen molar-refractivity contribution in [3.8, 4) is 17.1 Å². The van der Waals surface area contributed by atoms with Crippen LogP contribution in [0.3, 0.4) is 0 Å². The summed E-state index contributed by atoms with van der Waals surface area (Å²) < 4.78 is 5.04. The number of benzene rings is 1. The second-order valence-electron chi connectivity index (χ2n) is 2.68. The second kappa shape index (κ2) is 3.67. The highest BCUT2D eigenvalue weighted by atomic mass is 35.5. The van der Waals surface area contributed by atoms with Crippen molar-refractivity contribution in [3.63, 3.8) is 0 Å². The molecular formula is C9H8ClN3O. The Bertz CT molecular complexity index is 428. The lowest BCUT2D eigenvalue weighted by Gasteiger charge is -2.03. The van der Waals surface area contributed by atoms with Gasteiger partial charge in [0.05, 0.1) is 12.1 Å². The molecule has 5 heteroatoms. The SMILES string of the molecule is COc1ccc(-c2ncn[nH]2)c(Cl)c1. The summed E-state index contributed by atoms with van der Waals surface area (Å²) in [4.78, 5) is 4.01. The van der Waals surface area contributed by atoms with Gasteiger partial charge < -0.3 is 4.74 Å². The molecule has 0 radical (unpaired) electrons. The molecule has 0 aliphatic rings. The van der Waals surface area contributed by atoms with Gasteiger partial charge >= 0.3 is 0 Å². The van der Waals surface area contributed by atoms with E-state index in [4.69, 9.17) is 16.3 Å². The maximum absolute atomic E-state index is 6.03. The van der Waals surface area contributed by atoms with Crippen molar-refractivity contribution < 1.29 is 4.74 Å². The smallest absolute Gasteiger partial charge is 0.156 e. The van der Waals surface area contributed by atoms with Gasteiger partial charge in [-0.25, -0.2) is 4.98 Å². The van der Waals surface area contributed by atoms with Gasteiger partial charge in [0, 0.05) is 5.56 Å². The fourth-order valence-electron chi connectivity index (χ4n) is 1.15. The Labute approximate surface area is 85.9 Å². The lowest BCUT2D eigenvalue weighted by molar-refractivity contribution is 0.415. The zero-order valence-corrected chi connectivity index (χ0v) is 8.25. The fraction of sp³-hybridized carbons (Fsp3) is 0.111. The third-order valence-corrected chi connectivity index (χ3v) is 2.16. The maximum Gasteiger partial charge on any atom is 0.156 e. The Kier molecular flexibility index (Phi) is 2.37. The van der Waals surface area contributed by atoms with E-state index >= 15 is 0 Å². The van der Waals surface area contributed by atoms with Gasteiger partial charge in [0.2, 0.25) is 0 Å². The normalized spacial score (nSPS) is 10.1. The Hall–Kier alpha value is -1.55. The summed E-state index contributed by atoms with van der Waals surface area (Å²) >= 11 is 6.03. The highest BCUT2D eigenvalue weighted by Crippen LogP contribution is 2.28. The van der Waals surface area contributed by atoms with Crippen molar-refractivity contribution in [1.29, 1.82) is 0 Å². The minimum atomic E-state index is 0.584. The molecule has 0 aliphatic carbocycles. The second-order valence-corrected chi connectivity index (χ2v) is 3.09. The number of H-pyrrole nitrogens is 1. The first kappa shape index (κ1) is 9.02. The zero-order chi connectivity index (χ0) is 9.97. The van der Waals surface area contributed by atoms with Crippen LogP contribution in [0.25, 0.3) is 11.4 Å². The third-order valence-electron chi connectivity index (χ3n) is 1.85. The highest BCUT2D eigenvalue weighted by molar-refractivity contribution is 6.33. The highest BCUT2D eigenvalue weighted by Gasteiger charge is 2.06. The largest absolute Gasteiger partial charge is 0.497 e. The van der Waals surface area contributed by atoms with Gasteiger partial charge in [-0.3, -0.25) is 5.10 Å². The van der Waals surface area contributed by atoms with Crippen LogP contribution in [0, 0.1) is 0 Å². The van der Waals surface area contributed by atoms with Gasteiger partial charge in [0.15, 0.2) is 5.82 Å². The van der Waals surface area contributed by atoms with E-state index in [2.05, 4.69) is 15.2 Å². The van der Waals surface area contributed by atoms with Crippen molar-refractivity contribution in [3.05, 3.63) is 29.5 Å². The number of hydrogen-bond acceptors (Lipinski definition) is 3. The third kappa shape index (κ3) is 1.56. The molecule has 4 nitrogen and oxygen atoms in total. The average molecular weight is 210 g/mol. The molecule has 0 fully saturated rings. The number of methoxy groups -OCH3 is 1. The van der Waals surface area contributed by atoms with Gasteiger partial charge in [-0.1, -0.05) is 11.6 Å². The van der Waals surface area contributed by atoms with Crippen molar-refractivity contribution in [2.24, 2.45) is 0 Å². The molecule has 0 saturated heterocycles. The summed E-state index contributed by atoms with van der Waals surface area (Å²) in [5, 5.41) is 7.09. The topological polar surface area (TPSA) is 50.8 Å². The van der Waals surface area contributed by atoms with Crippen LogP contribution < -0.4 is 4.74 Å². The van der Waals surface area contributed by atoms with E-state index in [-0.39, 0.29) is 0 Å². The minimum Gasteiger partial charge on any atom is -0.497 e. The number of aromatic amines is 1. The number of nitrogens with zero attached hydrogens (tertiary/aromatic N) is 2. The minimum absolute atomic E-state index is 0.584. The number of rotatable bonds is 2. The van der Waals surface area contributed by atoms with Gasteiger partial charge in [-0.15, -0.1) is 0 Å². The predicted octanol–water partition coefficient (Wildman–Crippen LogP) is 2.13. The van der Waals surface area contributed by atoms with E-state index < -0.39 is 0 Å². The molecule has 0 amide bonds. The molecule has 1 aromatic carbocycles. The van der Waals surface area contributed by atoms with Gasteiger partial charge in [0.25, 0.3) is 0 Å². The van der Waals surface area contributed by atoms with Crippen LogP contribution in [-0.2, 0) is 0 Å². The first-order chi connectivity index (χ1) is 6.81. The van der Waals surface area contributed by atoms with Gasteiger partial charge in [-0.2, -0.15) is 5.10 Å². The number of nitrogens with one attached hydrogen (secondary N) is 1. The van der Waals surface area contributed by atoms with Gasteiger partial charge in [-0.05, 0) is 18.2 Å². The molecule has 0 aliphatic heterocycles. The van der Waals surface area contributed by atoms with Crippen LogP contribution in [0.4, 0.5) is 0 Å². The molecule has 14 heavy (non-hydrogen) atoms. The quantitative estimate of drug-likeness (QED) is 0.825. The predicted molar refractivity (Wildman–Crippen MR) is 53.4 cm³/mol. The van der Waals surface area contributed by atoms with E-state index in [0.29, 0.717) is 10.8 Å². The molecule has 0 spiro atoms. The molecular weight excluding hydrogens is 202 g/mol. The van der Waals surface area contributed by atoms with Crippen LogP contribution in [0.5, 0.6) is 5.75 Å². The summed E-state index contributed by atoms with van der Waals surface area (Å²) in [7, 11) is 1.60. The summed E-state index contributed by atoms with van der Waals surface area (Å²) in [5.74, 6) is 1.37. The Morgan fingerprint density at radius 2 is 2.29 bits per heavy atom. The first-order valence-electron chi connectivity index (χ1n) is 4.00. The zero-order valence-electron chi connectivity index (χ0n) is 7.49. The molecule has 0 atom stereocenters. The number of hydrogen-bond donors (Lipinski definition) is 1. The number of halogens is 1. The van der Waals surface area contributed by atoms with Crippen molar-refractivity contribution >= 4 is 11.6 Å². The lowest BCUT2D eigenvalue weighted by atomic mass is 10.2. The fourth-order valence-corrected chi connectivity index (χ4v) is 1.41. The van der Waals surface area contributed by atoms with E-state index in [1.165, 1.54) is 6.33 Å².